The zero-order valence-electron chi connectivity index (χ0n) is 20.1. The largest absolute Gasteiger partial charge is 0.399 e. The number of nitrogens with two attached hydrogens (primary N) is 1. The lowest BCUT2D eigenvalue weighted by molar-refractivity contribution is 0.101. The molecule has 0 fully saturated rings. The third kappa shape index (κ3) is 6.32. The van der Waals surface area contributed by atoms with E-state index in [1.54, 1.807) is 22.9 Å². The van der Waals surface area contributed by atoms with Crippen LogP contribution in [-0.4, -0.2) is 29.7 Å². The van der Waals surface area contributed by atoms with E-state index < -0.39 is 21.4 Å². The Hall–Kier alpha value is -2.93. The summed E-state index contributed by atoms with van der Waals surface area (Å²) in [4.78, 5) is 13.3. The van der Waals surface area contributed by atoms with Crippen molar-refractivity contribution >= 4 is 21.3 Å². The van der Waals surface area contributed by atoms with Crippen molar-refractivity contribution in [2.75, 3.05) is 11.5 Å². The SMILES string of the molecule is Cc1cccc(C)c1Cn1nc(CCC(C)(C)C)cc1C(=O)CS(=O)(=O)c1cccc(N)c1. The average molecular weight is 468 g/mol. The quantitative estimate of drug-likeness (QED) is 0.380. The third-order valence-electron chi connectivity index (χ3n) is 5.74. The molecule has 0 amide bonds. The van der Waals surface area contributed by atoms with Gasteiger partial charge in [0.2, 0.25) is 0 Å². The van der Waals surface area contributed by atoms with Gasteiger partial charge in [-0.1, -0.05) is 45.0 Å². The third-order valence-corrected chi connectivity index (χ3v) is 7.35. The second-order valence-corrected chi connectivity index (χ2v) is 11.9. The number of hydrogen-bond donors (Lipinski definition) is 1. The van der Waals surface area contributed by atoms with E-state index in [1.165, 1.54) is 12.1 Å². The number of nitrogens with zero attached hydrogens (tertiary/aromatic N) is 2. The van der Waals surface area contributed by atoms with Crippen molar-refractivity contribution in [3.8, 4) is 0 Å². The van der Waals surface area contributed by atoms with Gasteiger partial charge in [-0.2, -0.15) is 5.10 Å². The fraction of sp³-hybridized carbons (Fsp3) is 0.385. The average Bonchev–Trinajstić information content (AvgIpc) is 3.12. The van der Waals surface area contributed by atoms with Gasteiger partial charge in [0.05, 0.1) is 17.1 Å². The normalized spacial score (nSPS) is 12.2. The molecule has 0 atom stereocenters. The van der Waals surface area contributed by atoms with Crippen LogP contribution in [0.15, 0.2) is 53.4 Å². The Kier molecular flexibility index (Phi) is 7.12. The summed E-state index contributed by atoms with van der Waals surface area (Å²) >= 11 is 0. The molecule has 0 unspecified atom stereocenters. The van der Waals surface area contributed by atoms with Crippen molar-refractivity contribution in [2.45, 2.75) is 58.9 Å². The maximum atomic E-state index is 13.2. The zero-order chi connectivity index (χ0) is 24.4. The molecular weight excluding hydrogens is 434 g/mol. The first-order chi connectivity index (χ1) is 15.4. The molecule has 0 spiro atoms. The van der Waals surface area contributed by atoms with Crippen LogP contribution in [0.5, 0.6) is 0 Å². The van der Waals surface area contributed by atoms with Crippen LogP contribution in [0.25, 0.3) is 0 Å². The smallest absolute Gasteiger partial charge is 0.196 e. The maximum Gasteiger partial charge on any atom is 0.196 e. The number of Topliss-reactive ketones (excluding diaryl/α,β-unsaturated/α-hetero) is 1. The lowest BCUT2D eigenvalue weighted by atomic mass is 9.90. The van der Waals surface area contributed by atoms with Gasteiger partial charge in [-0.25, -0.2) is 8.42 Å². The van der Waals surface area contributed by atoms with Gasteiger partial charge in [-0.05, 0) is 73.1 Å². The van der Waals surface area contributed by atoms with Crippen molar-refractivity contribution in [3.63, 3.8) is 0 Å². The molecule has 1 aromatic heterocycles. The minimum atomic E-state index is -3.83. The summed E-state index contributed by atoms with van der Waals surface area (Å²) in [5.74, 6) is -1.11. The molecule has 6 nitrogen and oxygen atoms in total. The molecule has 0 radical (unpaired) electrons. The van der Waals surface area contributed by atoms with Gasteiger partial charge in [-0.3, -0.25) is 9.48 Å². The van der Waals surface area contributed by atoms with E-state index in [1.807, 2.05) is 32.0 Å². The Morgan fingerprint density at radius 3 is 2.27 bits per heavy atom. The van der Waals surface area contributed by atoms with Gasteiger partial charge in [0.1, 0.15) is 11.4 Å². The molecule has 7 heteroatoms. The number of aryl methyl sites for hydroxylation is 3. The van der Waals surface area contributed by atoms with Gasteiger partial charge >= 0.3 is 0 Å². The highest BCUT2D eigenvalue weighted by molar-refractivity contribution is 7.92. The van der Waals surface area contributed by atoms with Crippen LogP contribution in [0, 0.1) is 19.3 Å². The Balaban J connectivity index is 1.96. The van der Waals surface area contributed by atoms with E-state index in [0.29, 0.717) is 24.3 Å². The lowest BCUT2D eigenvalue weighted by Crippen LogP contribution is -2.21. The fourth-order valence-electron chi connectivity index (χ4n) is 3.73. The highest BCUT2D eigenvalue weighted by Crippen LogP contribution is 2.23. The number of benzene rings is 2. The number of anilines is 1. The number of carbonyl (C=O) groups excluding carboxylic acids is 1. The van der Waals surface area contributed by atoms with E-state index in [-0.39, 0.29) is 10.3 Å². The van der Waals surface area contributed by atoms with Gasteiger partial charge in [0, 0.05) is 5.69 Å². The Bertz CT molecular complexity index is 1250. The first-order valence-electron chi connectivity index (χ1n) is 11.1. The number of ketones is 1. The van der Waals surface area contributed by atoms with E-state index in [2.05, 4.69) is 20.8 Å². The standard InChI is InChI=1S/C26H33N3O3S/c1-18-8-6-9-19(2)23(18)16-29-24(15-21(28-29)12-13-26(3,4)5)25(30)17-33(31,32)22-11-7-10-20(27)14-22/h6-11,14-15H,12-13,16-17,27H2,1-5H3. The van der Waals surface area contributed by atoms with Crippen LogP contribution in [0.2, 0.25) is 0 Å². The first kappa shape index (κ1) is 24.7. The van der Waals surface area contributed by atoms with Crippen LogP contribution >= 0.6 is 0 Å². The predicted octanol–water partition coefficient (Wildman–Crippen LogP) is 4.77. The fourth-order valence-corrected chi connectivity index (χ4v) is 4.99. The summed E-state index contributed by atoms with van der Waals surface area (Å²) in [6, 6.07) is 13.8. The molecule has 0 aliphatic rings. The Morgan fingerprint density at radius 2 is 1.67 bits per heavy atom. The Labute approximate surface area is 196 Å². The first-order valence-corrected chi connectivity index (χ1v) is 12.7. The minimum absolute atomic E-state index is 0.0459. The second kappa shape index (κ2) is 9.51. The van der Waals surface area contributed by atoms with Crippen LogP contribution in [0.3, 0.4) is 0 Å². The molecule has 0 saturated carbocycles. The zero-order valence-corrected chi connectivity index (χ0v) is 20.9. The summed E-state index contributed by atoms with van der Waals surface area (Å²) in [7, 11) is -3.83. The molecule has 3 aromatic rings. The number of sulfone groups is 1. The van der Waals surface area contributed by atoms with Crippen LogP contribution in [-0.2, 0) is 22.8 Å². The highest BCUT2D eigenvalue weighted by Gasteiger charge is 2.25. The van der Waals surface area contributed by atoms with Gasteiger partial charge in [-0.15, -0.1) is 0 Å². The molecule has 176 valence electrons. The van der Waals surface area contributed by atoms with Gasteiger partial charge in [0.15, 0.2) is 15.6 Å². The summed E-state index contributed by atoms with van der Waals surface area (Å²) in [5.41, 5.74) is 10.6. The van der Waals surface area contributed by atoms with Crippen LogP contribution in [0.1, 0.15) is 60.1 Å². The maximum absolute atomic E-state index is 13.2. The highest BCUT2D eigenvalue weighted by atomic mass is 32.2. The molecule has 2 N–H and O–H groups in total. The molecule has 33 heavy (non-hydrogen) atoms. The Morgan fingerprint density at radius 1 is 1.03 bits per heavy atom. The number of rotatable bonds is 8. The molecule has 0 aliphatic carbocycles. The molecule has 3 rings (SSSR count). The van der Waals surface area contributed by atoms with Crippen LogP contribution in [0.4, 0.5) is 5.69 Å². The summed E-state index contributed by atoms with van der Waals surface area (Å²) in [5, 5.41) is 4.71. The lowest BCUT2D eigenvalue weighted by Gasteiger charge is -2.16. The molecule has 2 aromatic carbocycles. The van der Waals surface area contributed by atoms with Crippen LogP contribution < -0.4 is 5.73 Å². The predicted molar refractivity (Wildman–Crippen MR) is 132 cm³/mol. The molecule has 0 aliphatic heterocycles. The monoisotopic (exact) mass is 467 g/mol. The van der Waals surface area contributed by atoms with Gasteiger partial charge < -0.3 is 5.73 Å². The van der Waals surface area contributed by atoms with Crippen molar-refractivity contribution < 1.29 is 13.2 Å². The topological polar surface area (TPSA) is 95.0 Å². The van der Waals surface area contributed by atoms with E-state index >= 15 is 0 Å². The van der Waals surface area contributed by atoms with E-state index in [4.69, 9.17) is 10.8 Å². The van der Waals surface area contributed by atoms with Crippen molar-refractivity contribution in [2.24, 2.45) is 5.41 Å². The molecule has 0 bridgehead atoms. The molecule has 0 saturated heterocycles. The number of hydrogen-bond acceptors (Lipinski definition) is 5. The number of nitrogen functional groups attached to an aromatic ring is 1. The van der Waals surface area contributed by atoms with Crippen molar-refractivity contribution in [3.05, 3.63) is 76.6 Å². The summed E-state index contributed by atoms with van der Waals surface area (Å²) < 4.78 is 27.5. The molecule has 1 heterocycles. The molecular formula is C26H33N3O3S. The minimum Gasteiger partial charge on any atom is -0.399 e. The van der Waals surface area contributed by atoms with Crippen molar-refractivity contribution in [1.82, 2.24) is 9.78 Å². The number of aromatic nitrogens is 2. The summed E-state index contributed by atoms with van der Waals surface area (Å²) in [6.45, 7) is 10.9. The second-order valence-electron chi connectivity index (χ2n) is 9.86. The summed E-state index contributed by atoms with van der Waals surface area (Å²) in [6.07, 6.45) is 1.62. The van der Waals surface area contributed by atoms with E-state index in [9.17, 15) is 13.2 Å². The van der Waals surface area contributed by atoms with E-state index in [0.717, 1.165) is 28.8 Å². The van der Waals surface area contributed by atoms with Gasteiger partial charge in [0.25, 0.3) is 0 Å². The number of carbonyl (C=O) groups is 1. The van der Waals surface area contributed by atoms with Crippen molar-refractivity contribution in [1.29, 1.82) is 0 Å².